The lowest BCUT2D eigenvalue weighted by Crippen LogP contribution is -2.65. The first-order valence-corrected chi connectivity index (χ1v) is 7.16. The first kappa shape index (κ1) is 17.5. The molecule has 8 nitrogen and oxygen atoms in total. The number of carbonyl (C=O) groups excluding carboxylic acids is 1. The number of hydrogen-bond acceptors (Lipinski definition) is 7. The van der Waals surface area contributed by atoms with Gasteiger partial charge in [0.15, 0.2) is 0 Å². The molecule has 1 aliphatic heterocycles. The molecule has 5 atom stereocenters. The highest BCUT2D eigenvalue weighted by molar-refractivity contribution is 5.73. The molecule has 1 aliphatic rings. The second kappa shape index (κ2) is 7.60. The Morgan fingerprint density at radius 2 is 1.83 bits per heavy atom. The second-order valence-electron chi connectivity index (χ2n) is 5.23. The number of methoxy groups -OCH3 is 1. The van der Waals surface area contributed by atoms with Gasteiger partial charge in [0.25, 0.3) is 0 Å². The number of amides is 1. The maximum absolute atomic E-state index is 11.3. The van der Waals surface area contributed by atoms with Crippen molar-refractivity contribution in [2.24, 2.45) is 0 Å². The summed E-state index contributed by atoms with van der Waals surface area (Å²) in [7, 11) is 1.54. The molecule has 0 bridgehead atoms. The number of rotatable bonds is 5. The van der Waals surface area contributed by atoms with Crippen molar-refractivity contribution in [3.8, 4) is 11.5 Å². The fourth-order valence-corrected chi connectivity index (χ4v) is 2.36. The third kappa shape index (κ3) is 4.11. The van der Waals surface area contributed by atoms with Crippen LogP contribution in [0.1, 0.15) is 6.92 Å². The fraction of sp³-hybridized carbons (Fsp3) is 0.533. The molecule has 8 heteroatoms. The molecule has 4 N–H and O–H groups in total. The van der Waals surface area contributed by atoms with Gasteiger partial charge in [-0.25, -0.2) is 0 Å². The van der Waals surface area contributed by atoms with Gasteiger partial charge in [-0.15, -0.1) is 0 Å². The number of hydrogen-bond donors (Lipinski definition) is 4. The Hall–Kier alpha value is -1.87. The van der Waals surface area contributed by atoms with Gasteiger partial charge in [-0.1, -0.05) is 0 Å². The van der Waals surface area contributed by atoms with E-state index in [1.54, 1.807) is 24.3 Å². The molecule has 2 rings (SSSR count). The van der Waals surface area contributed by atoms with E-state index in [-0.39, 0.29) is 0 Å². The van der Waals surface area contributed by atoms with Crippen LogP contribution in [0.3, 0.4) is 0 Å². The van der Waals surface area contributed by atoms with Gasteiger partial charge >= 0.3 is 0 Å². The molecule has 0 spiro atoms. The molecule has 1 aromatic rings. The van der Waals surface area contributed by atoms with Crippen LogP contribution >= 0.6 is 0 Å². The molecule has 128 valence electrons. The zero-order chi connectivity index (χ0) is 17.0. The second-order valence-corrected chi connectivity index (χ2v) is 5.23. The van der Waals surface area contributed by atoms with E-state index in [1.165, 1.54) is 14.0 Å². The van der Waals surface area contributed by atoms with Crippen molar-refractivity contribution in [2.75, 3.05) is 13.7 Å². The van der Waals surface area contributed by atoms with Crippen molar-refractivity contribution in [2.45, 2.75) is 37.6 Å². The van der Waals surface area contributed by atoms with Crippen LogP contribution in [0.2, 0.25) is 0 Å². The van der Waals surface area contributed by atoms with E-state index >= 15 is 0 Å². The van der Waals surface area contributed by atoms with Crippen LogP contribution in [0.5, 0.6) is 11.5 Å². The summed E-state index contributed by atoms with van der Waals surface area (Å²) in [4.78, 5) is 11.3. The zero-order valence-corrected chi connectivity index (χ0v) is 12.9. The average Bonchev–Trinajstić information content (AvgIpc) is 2.54. The van der Waals surface area contributed by atoms with E-state index in [0.29, 0.717) is 11.5 Å². The quantitative estimate of drug-likeness (QED) is 0.549. The van der Waals surface area contributed by atoms with Gasteiger partial charge in [0.2, 0.25) is 12.2 Å². The number of nitrogens with one attached hydrogen (secondary N) is 1. The molecule has 0 radical (unpaired) electrons. The first-order valence-electron chi connectivity index (χ1n) is 7.16. The Labute approximate surface area is 133 Å². The van der Waals surface area contributed by atoms with E-state index in [1.807, 2.05) is 0 Å². The summed E-state index contributed by atoms with van der Waals surface area (Å²) in [6.45, 7) is 0.787. The lowest BCUT2D eigenvalue weighted by Gasteiger charge is -2.42. The summed E-state index contributed by atoms with van der Waals surface area (Å²) >= 11 is 0. The highest BCUT2D eigenvalue weighted by Gasteiger charge is 2.46. The maximum Gasteiger partial charge on any atom is 0.223 e. The van der Waals surface area contributed by atoms with E-state index in [2.05, 4.69) is 5.32 Å². The van der Waals surface area contributed by atoms with Crippen LogP contribution in [0, 0.1) is 0 Å². The predicted molar refractivity (Wildman–Crippen MR) is 79.0 cm³/mol. The van der Waals surface area contributed by atoms with E-state index in [0.717, 1.165) is 0 Å². The van der Waals surface area contributed by atoms with E-state index < -0.39 is 43.2 Å². The molecule has 0 saturated carbocycles. The summed E-state index contributed by atoms with van der Waals surface area (Å²) in [5, 5.41) is 31.8. The van der Waals surface area contributed by atoms with Crippen molar-refractivity contribution >= 4 is 5.91 Å². The summed E-state index contributed by atoms with van der Waals surface area (Å²) in [6, 6.07) is 5.66. The smallest absolute Gasteiger partial charge is 0.223 e. The standard InChI is InChI=1S/C15H21NO7/c1-8(18)16-12-14(20)13(19)11(7-17)23-15(12)22-10-5-3-9(21-2)4-6-10/h3-6,11-15,17,19-20H,7H2,1-2H3,(H,16,18)/t11-,12-,13-,14-,15-/m0/s1. The van der Waals surface area contributed by atoms with Crippen molar-refractivity contribution in [3.63, 3.8) is 0 Å². The maximum atomic E-state index is 11.3. The molecule has 1 aromatic carbocycles. The molecule has 0 aromatic heterocycles. The van der Waals surface area contributed by atoms with Gasteiger partial charge in [0, 0.05) is 6.92 Å². The molecule has 1 saturated heterocycles. The highest BCUT2D eigenvalue weighted by Crippen LogP contribution is 2.25. The van der Waals surface area contributed by atoms with Crippen LogP contribution in [0.15, 0.2) is 24.3 Å². The number of ether oxygens (including phenoxy) is 3. The van der Waals surface area contributed by atoms with Gasteiger partial charge < -0.3 is 34.8 Å². The normalized spacial score (nSPS) is 30.6. The van der Waals surface area contributed by atoms with Gasteiger partial charge in [0.1, 0.15) is 35.9 Å². The van der Waals surface area contributed by atoms with Gasteiger partial charge in [-0.3, -0.25) is 4.79 Å². The summed E-state index contributed by atoms with van der Waals surface area (Å²) in [5.74, 6) is 0.658. The molecule has 1 amide bonds. The number of benzene rings is 1. The molecule has 1 heterocycles. The first-order chi connectivity index (χ1) is 11.0. The van der Waals surface area contributed by atoms with Crippen molar-refractivity contribution < 1.29 is 34.3 Å². The van der Waals surface area contributed by atoms with Gasteiger partial charge in [-0.05, 0) is 24.3 Å². The number of aliphatic hydroxyl groups is 3. The largest absolute Gasteiger partial charge is 0.497 e. The van der Waals surface area contributed by atoms with Gasteiger partial charge in [-0.2, -0.15) is 0 Å². The minimum absolute atomic E-state index is 0.407. The average molecular weight is 327 g/mol. The topological polar surface area (TPSA) is 117 Å². The van der Waals surface area contributed by atoms with Crippen molar-refractivity contribution in [1.82, 2.24) is 5.32 Å². The molecular formula is C15H21NO7. The summed E-state index contributed by atoms with van der Waals surface area (Å²) < 4.78 is 16.2. The minimum Gasteiger partial charge on any atom is -0.497 e. The monoisotopic (exact) mass is 327 g/mol. The Morgan fingerprint density at radius 3 is 2.35 bits per heavy atom. The molecule has 23 heavy (non-hydrogen) atoms. The zero-order valence-electron chi connectivity index (χ0n) is 12.9. The molecular weight excluding hydrogens is 306 g/mol. The SMILES string of the molecule is COc1ccc(O[C@H]2O[C@@H](CO)[C@H](O)[C@@H](O)[C@@H]2NC(C)=O)cc1. The molecule has 0 unspecified atom stereocenters. The summed E-state index contributed by atoms with van der Waals surface area (Å²) in [5.41, 5.74) is 0. The van der Waals surface area contributed by atoms with Gasteiger partial charge in [0.05, 0.1) is 13.7 Å². The van der Waals surface area contributed by atoms with Crippen LogP contribution in [-0.2, 0) is 9.53 Å². The molecule has 0 aliphatic carbocycles. The Morgan fingerprint density at radius 1 is 1.22 bits per heavy atom. The fourth-order valence-electron chi connectivity index (χ4n) is 2.36. The van der Waals surface area contributed by atoms with E-state index in [9.17, 15) is 20.1 Å². The van der Waals surface area contributed by atoms with E-state index in [4.69, 9.17) is 14.2 Å². The predicted octanol–water partition coefficient (Wildman–Crippen LogP) is -0.982. The van der Waals surface area contributed by atoms with Crippen LogP contribution < -0.4 is 14.8 Å². The van der Waals surface area contributed by atoms with Crippen LogP contribution in [0.25, 0.3) is 0 Å². The minimum atomic E-state index is -1.34. The lowest BCUT2D eigenvalue weighted by atomic mass is 9.97. The van der Waals surface area contributed by atoms with Crippen molar-refractivity contribution in [1.29, 1.82) is 0 Å². The van der Waals surface area contributed by atoms with Crippen LogP contribution in [0.4, 0.5) is 0 Å². The van der Waals surface area contributed by atoms with Crippen LogP contribution in [-0.4, -0.2) is 65.6 Å². The summed E-state index contributed by atoms with van der Waals surface area (Å²) in [6.07, 6.45) is -4.76. The Bertz CT molecular complexity index is 521. The Kier molecular flexibility index (Phi) is 5.78. The number of carbonyl (C=O) groups is 1. The molecule has 1 fully saturated rings. The highest BCUT2D eigenvalue weighted by atomic mass is 16.7. The third-order valence-corrected chi connectivity index (χ3v) is 3.56. The lowest BCUT2D eigenvalue weighted by molar-refractivity contribution is -0.244. The Balaban J connectivity index is 2.17. The number of aliphatic hydroxyl groups excluding tert-OH is 3. The third-order valence-electron chi connectivity index (χ3n) is 3.56. The van der Waals surface area contributed by atoms with Crippen molar-refractivity contribution in [3.05, 3.63) is 24.3 Å².